The van der Waals surface area contributed by atoms with E-state index in [-0.39, 0.29) is 6.42 Å². The molecular weight excluding hydrogens is 218 g/mol. The van der Waals surface area contributed by atoms with Crippen LogP contribution in [0.15, 0.2) is 18.2 Å². The van der Waals surface area contributed by atoms with Crippen LogP contribution < -0.4 is 5.73 Å². The van der Waals surface area contributed by atoms with E-state index in [1.54, 1.807) is 0 Å². The highest BCUT2D eigenvalue weighted by Gasteiger charge is 2.14. The van der Waals surface area contributed by atoms with Crippen molar-refractivity contribution in [1.82, 2.24) is 0 Å². The normalized spacial score (nSPS) is 11.9. The van der Waals surface area contributed by atoms with Crippen molar-refractivity contribution in [3.05, 3.63) is 34.9 Å². The molecule has 1 amide bonds. The lowest BCUT2D eigenvalue weighted by atomic mass is 10.0. The van der Waals surface area contributed by atoms with Crippen LogP contribution in [-0.2, 0) is 20.7 Å². The maximum atomic E-state index is 11.5. The van der Waals surface area contributed by atoms with Gasteiger partial charge in [-0.2, -0.15) is 0 Å². The molecule has 17 heavy (non-hydrogen) atoms. The van der Waals surface area contributed by atoms with Gasteiger partial charge >= 0.3 is 5.97 Å². The number of aryl methyl sites for hydroxylation is 2. The molecule has 4 heteroatoms. The van der Waals surface area contributed by atoms with Crippen LogP contribution in [0, 0.1) is 13.8 Å². The Hall–Kier alpha value is -1.84. The summed E-state index contributed by atoms with van der Waals surface area (Å²) in [5.41, 5.74) is 8.17. The smallest absolute Gasteiger partial charge is 0.311 e. The Kier molecular flexibility index (Phi) is 4.26. The van der Waals surface area contributed by atoms with Crippen LogP contribution in [0.2, 0.25) is 0 Å². The minimum Gasteiger partial charge on any atom is -0.452 e. The monoisotopic (exact) mass is 235 g/mol. The van der Waals surface area contributed by atoms with Gasteiger partial charge in [-0.15, -0.1) is 0 Å². The third-order valence-electron chi connectivity index (χ3n) is 2.63. The molecule has 0 radical (unpaired) electrons. The van der Waals surface area contributed by atoms with Crippen molar-refractivity contribution in [1.29, 1.82) is 0 Å². The molecule has 0 saturated heterocycles. The summed E-state index contributed by atoms with van der Waals surface area (Å²) in [5.74, 6) is -1.09. The van der Waals surface area contributed by atoms with Crippen LogP contribution >= 0.6 is 0 Å². The summed E-state index contributed by atoms with van der Waals surface area (Å²) in [4.78, 5) is 22.2. The molecule has 2 N–H and O–H groups in total. The predicted octanol–water partition coefficient (Wildman–Crippen LogP) is 1.26. The van der Waals surface area contributed by atoms with Gasteiger partial charge in [0.2, 0.25) is 0 Å². The molecule has 0 aliphatic carbocycles. The fourth-order valence-electron chi connectivity index (χ4n) is 1.38. The van der Waals surface area contributed by atoms with Gasteiger partial charge in [-0.05, 0) is 37.5 Å². The lowest BCUT2D eigenvalue weighted by molar-refractivity contribution is -0.153. The van der Waals surface area contributed by atoms with Gasteiger partial charge in [-0.3, -0.25) is 9.59 Å². The number of ether oxygens (including phenoxy) is 1. The number of primary amides is 1. The summed E-state index contributed by atoms with van der Waals surface area (Å²) in [6.45, 7) is 5.45. The predicted molar refractivity (Wildman–Crippen MR) is 64.4 cm³/mol. The number of rotatable bonds is 4. The minimum absolute atomic E-state index is 0.152. The molecule has 0 aliphatic rings. The van der Waals surface area contributed by atoms with E-state index in [1.165, 1.54) is 12.5 Å². The van der Waals surface area contributed by atoms with Gasteiger partial charge in [0.25, 0.3) is 5.91 Å². The van der Waals surface area contributed by atoms with Crippen LogP contribution in [0.3, 0.4) is 0 Å². The summed E-state index contributed by atoms with van der Waals surface area (Å²) >= 11 is 0. The Labute approximate surface area is 101 Å². The van der Waals surface area contributed by atoms with Crippen LogP contribution in [-0.4, -0.2) is 18.0 Å². The molecule has 0 bridgehead atoms. The van der Waals surface area contributed by atoms with Gasteiger partial charge in [-0.25, -0.2) is 0 Å². The van der Waals surface area contributed by atoms with Gasteiger partial charge < -0.3 is 10.5 Å². The highest BCUT2D eigenvalue weighted by Crippen LogP contribution is 2.11. The van der Waals surface area contributed by atoms with Crippen LogP contribution in [0.25, 0.3) is 0 Å². The number of hydrogen-bond acceptors (Lipinski definition) is 3. The first-order chi connectivity index (χ1) is 7.90. The molecule has 0 fully saturated rings. The van der Waals surface area contributed by atoms with E-state index in [0.717, 1.165) is 11.1 Å². The zero-order valence-corrected chi connectivity index (χ0v) is 10.3. The molecule has 1 aromatic rings. The molecule has 0 spiro atoms. The number of nitrogens with two attached hydrogens (primary N) is 1. The standard InChI is InChI=1S/C13H17NO3/c1-8-4-5-11(6-9(8)2)7-12(15)17-10(3)13(14)16/h4-6,10H,7H2,1-3H3,(H2,14,16). The Morgan fingerprint density at radius 2 is 1.94 bits per heavy atom. The summed E-state index contributed by atoms with van der Waals surface area (Å²) in [6.07, 6.45) is -0.729. The number of benzene rings is 1. The average Bonchev–Trinajstić information content (AvgIpc) is 2.23. The van der Waals surface area contributed by atoms with Crippen molar-refractivity contribution in [2.24, 2.45) is 5.73 Å². The molecule has 0 saturated carbocycles. The lowest BCUT2D eigenvalue weighted by Gasteiger charge is -2.10. The highest BCUT2D eigenvalue weighted by atomic mass is 16.5. The zero-order chi connectivity index (χ0) is 13.0. The molecule has 1 atom stereocenters. The van der Waals surface area contributed by atoms with E-state index in [0.29, 0.717) is 0 Å². The van der Waals surface area contributed by atoms with Gasteiger partial charge in [0.05, 0.1) is 6.42 Å². The largest absolute Gasteiger partial charge is 0.452 e. The maximum Gasteiger partial charge on any atom is 0.311 e. The van der Waals surface area contributed by atoms with E-state index in [1.807, 2.05) is 32.0 Å². The number of esters is 1. The third kappa shape index (κ3) is 3.90. The van der Waals surface area contributed by atoms with Crippen LogP contribution in [0.1, 0.15) is 23.6 Å². The first-order valence-electron chi connectivity index (χ1n) is 5.45. The second-order valence-corrected chi connectivity index (χ2v) is 4.13. The van der Waals surface area contributed by atoms with E-state index >= 15 is 0 Å². The molecular formula is C13H17NO3. The Morgan fingerprint density at radius 3 is 2.47 bits per heavy atom. The number of hydrogen-bond donors (Lipinski definition) is 1. The van der Waals surface area contributed by atoms with Gasteiger partial charge in [-0.1, -0.05) is 18.2 Å². The second-order valence-electron chi connectivity index (χ2n) is 4.13. The quantitative estimate of drug-likeness (QED) is 0.799. The van der Waals surface area contributed by atoms with Crippen molar-refractivity contribution >= 4 is 11.9 Å². The topological polar surface area (TPSA) is 69.4 Å². The van der Waals surface area contributed by atoms with Crippen LogP contribution in [0.4, 0.5) is 0 Å². The summed E-state index contributed by atoms with van der Waals surface area (Å²) in [5, 5.41) is 0. The summed E-state index contributed by atoms with van der Waals surface area (Å²) < 4.78 is 4.87. The van der Waals surface area contributed by atoms with Crippen molar-refractivity contribution in [3.8, 4) is 0 Å². The molecule has 0 aromatic heterocycles. The number of carbonyl (C=O) groups excluding carboxylic acids is 2. The fraction of sp³-hybridized carbons (Fsp3) is 0.385. The third-order valence-corrected chi connectivity index (χ3v) is 2.63. The van der Waals surface area contributed by atoms with Gasteiger partial charge in [0.15, 0.2) is 6.10 Å². The minimum atomic E-state index is -0.881. The SMILES string of the molecule is Cc1ccc(CC(=O)OC(C)C(N)=O)cc1C. The van der Waals surface area contributed by atoms with Crippen molar-refractivity contribution in [2.75, 3.05) is 0 Å². The molecule has 1 unspecified atom stereocenters. The van der Waals surface area contributed by atoms with Gasteiger partial charge in [0, 0.05) is 0 Å². The maximum absolute atomic E-state index is 11.5. The molecule has 1 rings (SSSR count). The van der Waals surface area contributed by atoms with E-state index in [9.17, 15) is 9.59 Å². The fourth-order valence-corrected chi connectivity index (χ4v) is 1.38. The Bertz CT molecular complexity index is 440. The highest BCUT2D eigenvalue weighted by molar-refractivity contribution is 5.82. The van der Waals surface area contributed by atoms with E-state index in [4.69, 9.17) is 10.5 Å². The van der Waals surface area contributed by atoms with E-state index in [2.05, 4.69) is 0 Å². The second kappa shape index (κ2) is 5.48. The van der Waals surface area contributed by atoms with Crippen molar-refractivity contribution in [3.63, 3.8) is 0 Å². The molecule has 0 heterocycles. The van der Waals surface area contributed by atoms with E-state index < -0.39 is 18.0 Å². The molecule has 0 aliphatic heterocycles. The number of carbonyl (C=O) groups is 2. The molecule has 4 nitrogen and oxygen atoms in total. The average molecular weight is 235 g/mol. The first kappa shape index (κ1) is 13.2. The zero-order valence-electron chi connectivity index (χ0n) is 10.3. The number of amides is 1. The Balaban J connectivity index is 2.62. The van der Waals surface area contributed by atoms with Crippen molar-refractivity contribution < 1.29 is 14.3 Å². The van der Waals surface area contributed by atoms with Crippen molar-refractivity contribution in [2.45, 2.75) is 33.3 Å². The first-order valence-corrected chi connectivity index (χ1v) is 5.45. The Morgan fingerprint density at radius 1 is 1.29 bits per heavy atom. The van der Waals surface area contributed by atoms with Crippen LogP contribution in [0.5, 0.6) is 0 Å². The summed E-state index contributed by atoms with van der Waals surface area (Å²) in [7, 11) is 0. The molecule has 1 aromatic carbocycles. The summed E-state index contributed by atoms with van der Waals surface area (Å²) in [6, 6.07) is 5.76. The molecule has 92 valence electrons. The van der Waals surface area contributed by atoms with Gasteiger partial charge in [0.1, 0.15) is 0 Å². The lowest BCUT2D eigenvalue weighted by Crippen LogP contribution is -2.30.